The fourth-order valence-electron chi connectivity index (χ4n) is 5.45. The summed E-state index contributed by atoms with van der Waals surface area (Å²) in [5, 5.41) is 7.33. The summed E-state index contributed by atoms with van der Waals surface area (Å²) >= 11 is 0. The number of pyridine rings is 2. The molecular formula is C30H31F3N6O. The molecule has 4 aromatic rings. The maximum absolute atomic E-state index is 13.6. The van der Waals surface area contributed by atoms with Crippen molar-refractivity contribution in [1.82, 2.24) is 20.2 Å². The van der Waals surface area contributed by atoms with Crippen molar-refractivity contribution in [2.24, 2.45) is 0 Å². The van der Waals surface area contributed by atoms with E-state index in [0.717, 1.165) is 16.8 Å². The summed E-state index contributed by atoms with van der Waals surface area (Å²) in [5.41, 5.74) is 1.13. The molecule has 1 fully saturated rings. The average Bonchev–Trinajstić information content (AvgIpc) is 2.96. The fourth-order valence-corrected chi connectivity index (χ4v) is 5.45. The lowest BCUT2D eigenvalue weighted by Gasteiger charge is -2.47. The van der Waals surface area contributed by atoms with Crippen LogP contribution in [-0.2, 0) is 18.3 Å². The number of nitrogens with one attached hydrogen (secondary N) is 2. The Bertz CT molecular complexity index is 1480. The zero-order chi connectivity index (χ0) is 28.3. The molecule has 5 rings (SSSR count). The molecule has 10 heteroatoms. The van der Waals surface area contributed by atoms with Crippen LogP contribution in [0.1, 0.15) is 29.7 Å². The van der Waals surface area contributed by atoms with Crippen molar-refractivity contribution in [2.45, 2.75) is 31.1 Å². The number of hydrogen-bond acceptors (Lipinski definition) is 5. The van der Waals surface area contributed by atoms with E-state index < -0.39 is 17.9 Å². The van der Waals surface area contributed by atoms with Crippen LogP contribution in [0.15, 0.2) is 79.1 Å². The van der Waals surface area contributed by atoms with Crippen molar-refractivity contribution < 1.29 is 18.0 Å². The topological polar surface area (TPSA) is 73.4 Å². The van der Waals surface area contributed by atoms with Crippen LogP contribution in [0.25, 0.3) is 10.8 Å². The first-order valence-electron chi connectivity index (χ1n) is 13.1. The number of anilines is 2. The van der Waals surface area contributed by atoms with E-state index in [4.69, 9.17) is 0 Å². The highest BCUT2D eigenvalue weighted by atomic mass is 19.4. The van der Waals surface area contributed by atoms with Crippen LogP contribution >= 0.6 is 0 Å². The van der Waals surface area contributed by atoms with Gasteiger partial charge in [0.25, 0.3) is 0 Å². The summed E-state index contributed by atoms with van der Waals surface area (Å²) in [6.45, 7) is 1.06. The second kappa shape index (κ2) is 11.1. The number of amides is 2. The summed E-state index contributed by atoms with van der Waals surface area (Å²) in [6.07, 6.45) is 0.206. The molecule has 3 heterocycles. The van der Waals surface area contributed by atoms with Crippen LogP contribution in [0.5, 0.6) is 0 Å². The third kappa shape index (κ3) is 5.58. The van der Waals surface area contributed by atoms with Gasteiger partial charge in [-0.25, -0.2) is 9.78 Å². The monoisotopic (exact) mass is 548 g/mol. The highest BCUT2D eigenvalue weighted by Gasteiger charge is 2.39. The molecule has 0 aliphatic carbocycles. The first-order valence-corrected chi connectivity index (χ1v) is 13.1. The standard InChI is InChI=1S/C30H31F3N6O/c1-38(2)29(23-8-4-3-5-9-23)14-17-39(18-15-29)27-22(11-12-26(37-27)30(31,32)33)20-35-28(40)36-25-10-6-7-21-19-34-16-13-24(21)25/h3-13,16,19H,14-15,17-18,20H2,1-2H3,(H2,35,36,40). The van der Waals surface area contributed by atoms with Crippen LogP contribution in [0.4, 0.5) is 29.5 Å². The Kier molecular flexibility index (Phi) is 7.62. The van der Waals surface area contributed by atoms with Crippen molar-refractivity contribution in [3.05, 3.63) is 95.9 Å². The third-order valence-electron chi connectivity index (χ3n) is 7.67. The van der Waals surface area contributed by atoms with Crippen molar-refractivity contribution in [1.29, 1.82) is 0 Å². The van der Waals surface area contributed by atoms with Crippen LogP contribution in [0.3, 0.4) is 0 Å². The number of carbonyl (C=O) groups is 1. The third-order valence-corrected chi connectivity index (χ3v) is 7.67. The van der Waals surface area contributed by atoms with Gasteiger partial charge < -0.3 is 15.5 Å². The molecule has 0 spiro atoms. The zero-order valence-corrected chi connectivity index (χ0v) is 22.4. The largest absolute Gasteiger partial charge is 0.433 e. The molecule has 1 aliphatic rings. The molecular weight excluding hydrogens is 517 g/mol. The van der Waals surface area contributed by atoms with E-state index in [2.05, 4.69) is 37.6 Å². The first-order chi connectivity index (χ1) is 19.2. The lowest BCUT2D eigenvalue weighted by molar-refractivity contribution is -0.141. The van der Waals surface area contributed by atoms with Gasteiger partial charge in [-0.1, -0.05) is 48.5 Å². The minimum atomic E-state index is -4.57. The zero-order valence-electron chi connectivity index (χ0n) is 22.4. The Labute approximate surface area is 231 Å². The van der Waals surface area contributed by atoms with Crippen LogP contribution in [0.2, 0.25) is 0 Å². The summed E-state index contributed by atoms with van der Waals surface area (Å²) in [6, 6.07) is 19.4. The van der Waals surface area contributed by atoms with E-state index in [1.54, 1.807) is 18.5 Å². The van der Waals surface area contributed by atoms with Crippen LogP contribution < -0.4 is 15.5 Å². The Morgan fingerprint density at radius 2 is 1.75 bits per heavy atom. The summed E-state index contributed by atoms with van der Waals surface area (Å²) in [4.78, 5) is 25.0. The van der Waals surface area contributed by atoms with Crippen LogP contribution in [-0.4, -0.2) is 48.1 Å². The van der Waals surface area contributed by atoms with Gasteiger partial charge in [-0.05, 0) is 50.7 Å². The van der Waals surface area contributed by atoms with Gasteiger partial charge in [0.05, 0.1) is 5.69 Å². The molecule has 2 N–H and O–H groups in total. The number of fused-ring (bicyclic) bond motifs is 1. The van der Waals surface area contributed by atoms with Gasteiger partial charge >= 0.3 is 12.2 Å². The van der Waals surface area contributed by atoms with E-state index in [1.165, 1.54) is 11.6 Å². The van der Waals surface area contributed by atoms with Gasteiger partial charge in [0.15, 0.2) is 0 Å². The van der Waals surface area contributed by atoms with Gasteiger partial charge in [0.2, 0.25) is 0 Å². The second-order valence-electron chi connectivity index (χ2n) is 10.2. The number of benzene rings is 2. The minimum Gasteiger partial charge on any atom is -0.356 e. The molecule has 7 nitrogen and oxygen atoms in total. The second-order valence-corrected chi connectivity index (χ2v) is 10.2. The van der Waals surface area contributed by atoms with E-state index in [1.807, 2.05) is 55.4 Å². The molecule has 2 aromatic carbocycles. The summed E-state index contributed by atoms with van der Waals surface area (Å²) < 4.78 is 40.9. The molecule has 2 amide bonds. The number of halogens is 3. The van der Waals surface area contributed by atoms with Crippen molar-refractivity contribution in [3.8, 4) is 0 Å². The highest BCUT2D eigenvalue weighted by molar-refractivity contribution is 6.01. The number of alkyl halides is 3. The molecule has 0 radical (unpaired) electrons. The molecule has 208 valence electrons. The Morgan fingerprint density at radius 3 is 2.45 bits per heavy atom. The molecule has 2 aromatic heterocycles. The molecule has 0 atom stereocenters. The SMILES string of the molecule is CN(C)C1(c2ccccc2)CCN(c2nc(C(F)(F)F)ccc2CNC(=O)Nc2cccc3cnccc23)CC1. The lowest BCUT2D eigenvalue weighted by Crippen LogP contribution is -2.51. The summed E-state index contributed by atoms with van der Waals surface area (Å²) in [5.74, 6) is 0.242. The number of rotatable bonds is 6. The number of carbonyl (C=O) groups excluding carboxylic acids is 1. The Morgan fingerprint density at radius 1 is 1.00 bits per heavy atom. The Hall–Kier alpha value is -4.18. The number of urea groups is 1. The van der Waals surface area contributed by atoms with Gasteiger partial charge in [-0.15, -0.1) is 0 Å². The van der Waals surface area contributed by atoms with Crippen molar-refractivity contribution in [2.75, 3.05) is 37.4 Å². The molecule has 1 saturated heterocycles. The maximum atomic E-state index is 13.6. The number of hydrogen-bond donors (Lipinski definition) is 2. The van der Waals surface area contributed by atoms with Gasteiger partial charge in [-0.2, -0.15) is 13.2 Å². The predicted molar refractivity (Wildman–Crippen MR) is 150 cm³/mol. The van der Waals surface area contributed by atoms with E-state index in [-0.39, 0.29) is 17.9 Å². The van der Waals surface area contributed by atoms with E-state index in [0.29, 0.717) is 37.2 Å². The van der Waals surface area contributed by atoms with Gasteiger partial charge in [0, 0.05) is 53.9 Å². The quantitative estimate of drug-likeness (QED) is 0.308. The number of piperidine rings is 1. The van der Waals surface area contributed by atoms with Gasteiger partial charge in [0.1, 0.15) is 11.5 Å². The number of aromatic nitrogens is 2. The first kappa shape index (κ1) is 27.4. The minimum absolute atomic E-state index is 0.0205. The van der Waals surface area contributed by atoms with E-state index >= 15 is 0 Å². The highest BCUT2D eigenvalue weighted by Crippen LogP contribution is 2.39. The maximum Gasteiger partial charge on any atom is 0.433 e. The molecule has 1 aliphatic heterocycles. The van der Waals surface area contributed by atoms with Gasteiger partial charge in [-0.3, -0.25) is 9.88 Å². The fraction of sp³-hybridized carbons (Fsp3) is 0.300. The average molecular weight is 549 g/mol. The molecule has 0 saturated carbocycles. The Balaban J connectivity index is 1.35. The van der Waals surface area contributed by atoms with Crippen LogP contribution in [0, 0.1) is 0 Å². The predicted octanol–water partition coefficient (Wildman–Crippen LogP) is 6.03. The van der Waals surface area contributed by atoms with Crippen molar-refractivity contribution in [3.63, 3.8) is 0 Å². The van der Waals surface area contributed by atoms with Crippen molar-refractivity contribution >= 4 is 28.3 Å². The molecule has 0 bridgehead atoms. The lowest BCUT2D eigenvalue weighted by atomic mass is 9.79. The number of nitrogens with zero attached hydrogens (tertiary/aromatic N) is 4. The summed E-state index contributed by atoms with van der Waals surface area (Å²) in [7, 11) is 4.07. The molecule has 0 unspecified atom stereocenters. The molecule has 40 heavy (non-hydrogen) atoms. The normalized spacial score (nSPS) is 15.3. The smallest absolute Gasteiger partial charge is 0.356 e. The van der Waals surface area contributed by atoms with E-state index in [9.17, 15) is 18.0 Å².